The lowest BCUT2D eigenvalue weighted by atomic mass is 9.80. The highest BCUT2D eigenvalue weighted by molar-refractivity contribution is 5.79. The van der Waals surface area contributed by atoms with Gasteiger partial charge in [0.05, 0.1) is 11.8 Å². The third kappa shape index (κ3) is 2.73. The van der Waals surface area contributed by atoms with Crippen molar-refractivity contribution in [3.05, 3.63) is 41.4 Å². The molecule has 6 heteroatoms. The predicted molar refractivity (Wildman–Crippen MR) is 92.0 cm³/mol. The SMILES string of the molecule is CCc1nnc([C@]23CCC[C@H]2CN(C(=O)Cc2cccnc2C)C3)o1. The highest BCUT2D eigenvalue weighted by Crippen LogP contribution is 2.50. The molecule has 0 unspecified atom stereocenters. The van der Waals surface area contributed by atoms with E-state index in [-0.39, 0.29) is 11.3 Å². The van der Waals surface area contributed by atoms with Crippen LogP contribution in [0.15, 0.2) is 22.7 Å². The number of hydrogen-bond acceptors (Lipinski definition) is 5. The van der Waals surface area contributed by atoms with Crippen molar-refractivity contribution in [2.45, 2.75) is 51.4 Å². The van der Waals surface area contributed by atoms with Crippen molar-refractivity contribution in [3.63, 3.8) is 0 Å². The Morgan fingerprint density at radius 1 is 1.44 bits per heavy atom. The number of hydrogen-bond donors (Lipinski definition) is 0. The monoisotopic (exact) mass is 340 g/mol. The highest BCUT2D eigenvalue weighted by atomic mass is 16.4. The van der Waals surface area contributed by atoms with Crippen LogP contribution in [0.4, 0.5) is 0 Å². The molecule has 0 bridgehead atoms. The molecule has 2 aromatic rings. The van der Waals surface area contributed by atoms with E-state index < -0.39 is 0 Å². The number of carbonyl (C=O) groups excluding carboxylic acids is 1. The van der Waals surface area contributed by atoms with E-state index in [0.29, 0.717) is 24.8 Å². The Morgan fingerprint density at radius 2 is 2.32 bits per heavy atom. The molecule has 0 radical (unpaired) electrons. The van der Waals surface area contributed by atoms with Gasteiger partial charge in [0.1, 0.15) is 0 Å². The van der Waals surface area contributed by atoms with E-state index in [1.807, 2.05) is 30.9 Å². The van der Waals surface area contributed by atoms with Gasteiger partial charge < -0.3 is 9.32 Å². The predicted octanol–water partition coefficient (Wildman–Crippen LogP) is 2.46. The van der Waals surface area contributed by atoms with E-state index in [2.05, 4.69) is 15.2 Å². The van der Waals surface area contributed by atoms with Crippen LogP contribution in [0.1, 0.15) is 49.2 Å². The van der Waals surface area contributed by atoms with Gasteiger partial charge in [-0.3, -0.25) is 9.78 Å². The molecule has 132 valence electrons. The van der Waals surface area contributed by atoms with Crippen LogP contribution in [0.25, 0.3) is 0 Å². The maximum Gasteiger partial charge on any atom is 0.227 e. The maximum atomic E-state index is 12.9. The minimum absolute atomic E-state index is 0.139. The van der Waals surface area contributed by atoms with Crippen molar-refractivity contribution in [2.24, 2.45) is 5.92 Å². The molecule has 1 saturated carbocycles. The van der Waals surface area contributed by atoms with Gasteiger partial charge in [-0.25, -0.2) is 0 Å². The first-order chi connectivity index (χ1) is 12.1. The third-order valence-corrected chi connectivity index (χ3v) is 5.88. The molecule has 2 aliphatic rings. The molecule has 3 heterocycles. The number of aromatic nitrogens is 3. The number of pyridine rings is 1. The van der Waals surface area contributed by atoms with E-state index in [9.17, 15) is 4.79 Å². The topological polar surface area (TPSA) is 72.1 Å². The molecule has 4 rings (SSSR count). The molecule has 2 aromatic heterocycles. The van der Waals surface area contributed by atoms with E-state index >= 15 is 0 Å². The summed E-state index contributed by atoms with van der Waals surface area (Å²) in [6, 6.07) is 3.87. The van der Waals surface area contributed by atoms with Crippen molar-refractivity contribution in [1.29, 1.82) is 0 Å². The van der Waals surface area contributed by atoms with Gasteiger partial charge in [-0.15, -0.1) is 10.2 Å². The fourth-order valence-electron chi connectivity index (χ4n) is 4.41. The maximum absolute atomic E-state index is 12.9. The molecule has 1 amide bonds. The van der Waals surface area contributed by atoms with E-state index in [4.69, 9.17) is 4.42 Å². The summed E-state index contributed by atoms with van der Waals surface area (Å²) >= 11 is 0. The second-order valence-corrected chi connectivity index (χ2v) is 7.30. The molecule has 0 aromatic carbocycles. The lowest BCUT2D eigenvalue weighted by Crippen LogP contribution is -2.35. The van der Waals surface area contributed by atoms with Crippen molar-refractivity contribution < 1.29 is 9.21 Å². The molecule has 1 aliphatic carbocycles. The normalized spacial score (nSPS) is 25.4. The van der Waals surface area contributed by atoms with Gasteiger partial charge in [0.2, 0.25) is 17.7 Å². The summed E-state index contributed by atoms with van der Waals surface area (Å²) in [7, 11) is 0. The zero-order chi connectivity index (χ0) is 17.4. The summed E-state index contributed by atoms with van der Waals surface area (Å²) in [6.07, 6.45) is 6.24. The van der Waals surface area contributed by atoms with Crippen LogP contribution in [0.2, 0.25) is 0 Å². The Morgan fingerprint density at radius 3 is 3.08 bits per heavy atom. The number of amides is 1. The summed E-state index contributed by atoms with van der Waals surface area (Å²) in [6.45, 7) is 5.46. The zero-order valence-corrected chi connectivity index (χ0v) is 14.9. The van der Waals surface area contributed by atoms with Gasteiger partial charge in [0.25, 0.3) is 0 Å². The van der Waals surface area contributed by atoms with Crippen LogP contribution in [-0.2, 0) is 23.1 Å². The Labute approximate surface area is 147 Å². The average molecular weight is 340 g/mol. The van der Waals surface area contributed by atoms with Gasteiger partial charge in [0.15, 0.2) is 0 Å². The summed E-state index contributed by atoms with van der Waals surface area (Å²) in [4.78, 5) is 19.1. The van der Waals surface area contributed by atoms with Crippen LogP contribution in [0, 0.1) is 12.8 Å². The van der Waals surface area contributed by atoms with Gasteiger partial charge >= 0.3 is 0 Å². The zero-order valence-electron chi connectivity index (χ0n) is 14.9. The minimum Gasteiger partial charge on any atom is -0.425 e. The lowest BCUT2D eigenvalue weighted by Gasteiger charge is -2.24. The Hall–Kier alpha value is -2.24. The molecule has 2 atom stereocenters. The van der Waals surface area contributed by atoms with Crippen molar-refractivity contribution in [3.8, 4) is 0 Å². The first kappa shape index (κ1) is 16.2. The quantitative estimate of drug-likeness (QED) is 0.855. The molecular formula is C19H24N4O2. The molecule has 1 saturated heterocycles. The molecular weight excluding hydrogens is 316 g/mol. The molecule has 1 aliphatic heterocycles. The molecule has 6 nitrogen and oxygen atoms in total. The molecule has 25 heavy (non-hydrogen) atoms. The minimum atomic E-state index is -0.139. The van der Waals surface area contributed by atoms with Crippen LogP contribution in [-0.4, -0.2) is 39.1 Å². The fourth-order valence-corrected chi connectivity index (χ4v) is 4.41. The van der Waals surface area contributed by atoms with Crippen molar-refractivity contribution >= 4 is 5.91 Å². The Kier molecular flexibility index (Phi) is 4.06. The van der Waals surface area contributed by atoms with Gasteiger partial charge in [-0.1, -0.05) is 19.4 Å². The molecule has 0 N–H and O–H groups in total. The number of rotatable bonds is 4. The lowest BCUT2D eigenvalue weighted by molar-refractivity contribution is -0.129. The summed E-state index contributed by atoms with van der Waals surface area (Å²) in [5, 5.41) is 8.49. The van der Waals surface area contributed by atoms with Gasteiger partial charge in [-0.2, -0.15) is 0 Å². The van der Waals surface area contributed by atoms with Crippen LogP contribution in [0.3, 0.4) is 0 Å². The van der Waals surface area contributed by atoms with E-state index in [1.54, 1.807) is 6.20 Å². The van der Waals surface area contributed by atoms with E-state index in [1.165, 1.54) is 0 Å². The first-order valence-corrected chi connectivity index (χ1v) is 9.13. The van der Waals surface area contributed by atoms with Crippen LogP contribution in [0.5, 0.6) is 0 Å². The number of carbonyl (C=O) groups is 1. The largest absolute Gasteiger partial charge is 0.425 e. The number of likely N-dealkylation sites (tertiary alicyclic amines) is 1. The fraction of sp³-hybridized carbons (Fsp3) is 0.579. The van der Waals surface area contributed by atoms with Crippen LogP contribution >= 0.6 is 0 Å². The second kappa shape index (κ2) is 6.24. The summed E-state index contributed by atoms with van der Waals surface area (Å²) in [5.74, 6) is 2.02. The Balaban J connectivity index is 1.54. The van der Waals surface area contributed by atoms with E-state index in [0.717, 1.165) is 49.4 Å². The Bertz CT molecular complexity index is 787. The standard InChI is InChI=1S/C19H24N4O2/c1-3-16-21-22-18(25-16)19-8-4-7-15(19)11-23(12-19)17(24)10-14-6-5-9-20-13(14)2/h5-6,9,15H,3-4,7-8,10-12H2,1-2H3/t15-,19-/m0/s1. The van der Waals surface area contributed by atoms with Crippen molar-refractivity contribution in [1.82, 2.24) is 20.1 Å². The average Bonchev–Trinajstić information content (AvgIpc) is 3.30. The number of aryl methyl sites for hydroxylation is 2. The second-order valence-electron chi connectivity index (χ2n) is 7.30. The number of fused-ring (bicyclic) bond motifs is 1. The highest BCUT2D eigenvalue weighted by Gasteiger charge is 2.54. The molecule has 0 spiro atoms. The van der Waals surface area contributed by atoms with Crippen LogP contribution < -0.4 is 0 Å². The van der Waals surface area contributed by atoms with Gasteiger partial charge in [-0.05, 0) is 37.3 Å². The summed E-state index contributed by atoms with van der Waals surface area (Å²) in [5.41, 5.74) is 1.79. The smallest absolute Gasteiger partial charge is 0.227 e. The molecule has 2 fully saturated rings. The number of nitrogens with zero attached hydrogens (tertiary/aromatic N) is 4. The summed E-state index contributed by atoms with van der Waals surface area (Å²) < 4.78 is 5.92. The van der Waals surface area contributed by atoms with Gasteiger partial charge in [0, 0.05) is 31.4 Å². The van der Waals surface area contributed by atoms with Crippen molar-refractivity contribution in [2.75, 3.05) is 13.1 Å². The first-order valence-electron chi connectivity index (χ1n) is 9.13. The third-order valence-electron chi connectivity index (χ3n) is 5.88.